The summed E-state index contributed by atoms with van der Waals surface area (Å²) in [5.41, 5.74) is 6.19. The van der Waals surface area contributed by atoms with Crippen molar-refractivity contribution in [1.82, 2.24) is 0 Å². The van der Waals surface area contributed by atoms with Crippen LogP contribution in [0.3, 0.4) is 0 Å². The third kappa shape index (κ3) is 3.61. The van der Waals surface area contributed by atoms with Gasteiger partial charge in [-0.05, 0) is 43.4 Å². The first kappa shape index (κ1) is 12.0. The Morgan fingerprint density at radius 2 is 2.07 bits per heavy atom. The normalized spacial score (nSPS) is 35.6. The van der Waals surface area contributed by atoms with Crippen LogP contribution in [0, 0.1) is 17.8 Å². The molecule has 0 heterocycles. The molecule has 1 heteroatoms. The zero-order chi connectivity index (χ0) is 10.6. The van der Waals surface area contributed by atoms with Gasteiger partial charge in [0.25, 0.3) is 0 Å². The molecule has 1 aliphatic rings. The lowest BCUT2D eigenvalue weighted by atomic mass is 9.75. The zero-order valence-electron chi connectivity index (χ0n) is 10.1. The maximum Gasteiger partial charge on any atom is 0.00674 e. The fourth-order valence-corrected chi connectivity index (χ4v) is 2.92. The fourth-order valence-electron chi connectivity index (χ4n) is 2.92. The van der Waals surface area contributed by atoms with Crippen LogP contribution in [0.15, 0.2) is 0 Å². The van der Waals surface area contributed by atoms with Gasteiger partial charge in [-0.3, -0.25) is 0 Å². The Labute approximate surface area is 89.5 Å². The number of rotatable bonds is 4. The van der Waals surface area contributed by atoms with Gasteiger partial charge in [0, 0.05) is 6.04 Å². The topological polar surface area (TPSA) is 26.0 Å². The van der Waals surface area contributed by atoms with E-state index < -0.39 is 0 Å². The highest BCUT2D eigenvalue weighted by atomic mass is 14.7. The monoisotopic (exact) mass is 197 g/mol. The Balaban J connectivity index is 2.33. The molecule has 84 valence electrons. The second-order valence-electron chi connectivity index (χ2n) is 5.47. The fraction of sp³-hybridized carbons (Fsp3) is 1.00. The van der Waals surface area contributed by atoms with Crippen molar-refractivity contribution < 1.29 is 0 Å². The summed E-state index contributed by atoms with van der Waals surface area (Å²) in [5, 5.41) is 0. The first-order valence-corrected chi connectivity index (χ1v) is 6.39. The van der Waals surface area contributed by atoms with Crippen LogP contribution in [0.2, 0.25) is 0 Å². The van der Waals surface area contributed by atoms with Crippen molar-refractivity contribution in [2.75, 3.05) is 0 Å². The van der Waals surface area contributed by atoms with E-state index in [4.69, 9.17) is 5.73 Å². The second-order valence-corrected chi connectivity index (χ2v) is 5.47. The Bertz CT molecular complexity index is 155. The van der Waals surface area contributed by atoms with Gasteiger partial charge in [0.05, 0.1) is 0 Å². The summed E-state index contributed by atoms with van der Waals surface area (Å²) >= 11 is 0. The predicted molar refractivity (Wildman–Crippen MR) is 63.2 cm³/mol. The molecule has 0 saturated heterocycles. The number of hydrogen-bond donors (Lipinski definition) is 1. The summed E-state index contributed by atoms with van der Waals surface area (Å²) in [6.45, 7) is 7.04. The first-order chi connectivity index (χ1) is 6.63. The summed E-state index contributed by atoms with van der Waals surface area (Å²) in [6.07, 6.45) is 8.02. The van der Waals surface area contributed by atoms with Gasteiger partial charge in [0.15, 0.2) is 0 Å². The average molecular weight is 197 g/mol. The van der Waals surface area contributed by atoms with Crippen LogP contribution in [0.4, 0.5) is 0 Å². The highest BCUT2D eigenvalue weighted by Gasteiger charge is 2.26. The molecule has 1 nitrogen and oxygen atoms in total. The first-order valence-electron chi connectivity index (χ1n) is 6.39. The molecule has 4 unspecified atom stereocenters. The third-order valence-corrected chi connectivity index (χ3v) is 3.79. The third-order valence-electron chi connectivity index (χ3n) is 3.79. The van der Waals surface area contributed by atoms with Crippen molar-refractivity contribution in [1.29, 1.82) is 0 Å². The van der Waals surface area contributed by atoms with Crippen LogP contribution in [0.5, 0.6) is 0 Å². The van der Waals surface area contributed by atoms with Gasteiger partial charge in [-0.1, -0.05) is 33.6 Å². The van der Waals surface area contributed by atoms with E-state index in [1.807, 2.05) is 0 Å². The number of hydrogen-bond acceptors (Lipinski definition) is 1. The van der Waals surface area contributed by atoms with Gasteiger partial charge < -0.3 is 5.73 Å². The van der Waals surface area contributed by atoms with E-state index in [2.05, 4.69) is 20.8 Å². The summed E-state index contributed by atoms with van der Waals surface area (Å²) in [6, 6.07) is 0.491. The lowest BCUT2D eigenvalue weighted by molar-refractivity contribution is 0.208. The van der Waals surface area contributed by atoms with Gasteiger partial charge in [-0.25, -0.2) is 0 Å². The van der Waals surface area contributed by atoms with E-state index in [0.29, 0.717) is 6.04 Å². The SMILES string of the molecule is CCCC(C)CC1CC(C)CCC1N. The molecule has 1 rings (SSSR count). The van der Waals surface area contributed by atoms with Crippen molar-refractivity contribution in [3.63, 3.8) is 0 Å². The molecule has 2 N–H and O–H groups in total. The van der Waals surface area contributed by atoms with Crippen LogP contribution in [-0.2, 0) is 0 Å². The highest BCUT2D eigenvalue weighted by Crippen LogP contribution is 2.32. The van der Waals surface area contributed by atoms with Crippen molar-refractivity contribution in [2.45, 2.75) is 65.3 Å². The molecule has 1 fully saturated rings. The molecule has 1 aliphatic carbocycles. The maximum absolute atomic E-state index is 6.19. The van der Waals surface area contributed by atoms with Gasteiger partial charge in [0.2, 0.25) is 0 Å². The van der Waals surface area contributed by atoms with E-state index in [9.17, 15) is 0 Å². The van der Waals surface area contributed by atoms with Gasteiger partial charge in [0.1, 0.15) is 0 Å². The molecule has 0 amide bonds. The van der Waals surface area contributed by atoms with Crippen LogP contribution in [0.25, 0.3) is 0 Å². The van der Waals surface area contributed by atoms with E-state index in [0.717, 1.165) is 17.8 Å². The maximum atomic E-state index is 6.19. The molecule has 14 heavy (non-hydrogen) atoms. The standard InChI is InChI=1S/C13H27N/c1-4-5-10(2)8-12-9-11(3)6-7-13(12)14/h10-13H,4-9,14H2,1-3H3. The summed E-state index contributed by atoms with van der Waals surface area (Å²) in [7, 11) is 0. The molecular formula is C13H27N. The quantitative estimate of drug-likeness (QED) is 0.732. The molecule has 4 atom stereocenters. The van der Waals surface area contributed by atoms with Crippen LogP contribution in [0.1, 0.15) is 59.3 Å². The van der Waals surface area contributed by atoms with Crippen molar-refractivity contribution in [2.24, 2.45) is 23.5 Å². The Kier molecular flexibility index (Phi) is 4.94. The smallest absolute Gasteiger partial charge is 0.00674 e. The predicted octanol–water partition coefficient (Wildman–Crippen LogP) is 3.58. The second kappa shape index (κ2) is 5.75. The zero-order valence-corrected chi connectivity index (χ0v) is 10.1. The molecular weight excluding hydrogens is 170 g/mol. The van der Waals surface area contributed by atoms with E-state index in [-0.39, 0.29) is 0 Å². The van der Waals surface area contributed by atoms with Gasteiger partial charge in [-0.15, -0.1) is 0 Å². The molecule has 0 aromatic rings. The van der Waals surface area contributed by atoms with Crippen LogP contribution >= 0.6 is 0 Å². The molecule has 0 bridgehead atoms. The molecule has 0 aromatic carbocycles. The van der Waals surface area contributed by atoms with Crippen molar-refractivity contribution in [3.05, 3.63) is 0 Å². The lowest BCUT2D eigenvalue weighted by Crippen LogP contribution is -2.36. The van der Waals surface area contributed by atoms with Gasteiger partial charge >= 0.3 is 0 Å². The Hall–Kier alpha value is -0.0400. The number of nitrogens with two attached hydrogens (primary N) is 1. The summed E-state index contributed by atoms with van der Waals surface area (Å²) in [4.78, 5) is 0. The lowest BCUT2D eigenvalue weighted by Gasteiger charge is -2.34. The average Bonchev–Trinajstić information content (AvgIpc) is 2.12. The van der Waals surface area contributed by atoms with Crippen molar-refractivity contribution >= 4 is 0 Å². The Morgan fingerprint density at radius 1 is 1.36 bits per heavy atom. The van der Waals surface area contributed by atoms with E-state index >= 15 is 0 Å². The summed E-state index contributed by atoms with van der Waals surface area (Å²) in [5.74, 6) is 2.59. The van der Waals surface area contributed by atoms with Gasteiger partial charge in [-0.2, -0.15) is 0 Å². The van der Waals surface area contributed by atoms with Crippen molar-refractivity contribution in [3.8, 4) is 0 Å². The molecule has 0 aliphatic heterocycles. The molecule has 1 saturated carbocycles. The largest absolute Gasteiger partial charge is 0.327 e. The minimum absolute atomic E-state index is 0.491. The highest BCUT2D eigenvalue weighted by molar-refractivity contribution is 4.81. The molecule has 0 radical (unpaired) electrons. The summed E-state index contributed by atoms with van der Waals surface area (Å²) < 4.78 is 0. The minimum atomic E-state index is 0.491. The van der Waals surface area contributed by atoms with Crippen LogP contribution in [-0.4, -0.2) is 6.04 Å². The molecule has 0 spiro atoms. The minimum Gasteiger partial charge on any atom is -0.327 e. The molecule has 0 aromatic heterocycles. The van der Waals surface area contributed by atoms with E-state index in [1.165, 1.54) is 38.5 Å². The Morgan fingerprint density at radius 3 is 2.71 bits per heavy atom. The van der Waals surface area contributed by atoms with E-state index in [1.54, 1.807) is 0 Å². The van der Waals surface area contributed by atoms with Crippen LogP contribution < -0.4 is 5.73 Å².